The molecular formula is C14H14O4S2. The van der Waals surface area contributed by atoms with Gasteiger partial charge in [0.1, 0.15) is 26.4 Å². The van der Waals surface area contributed by atoms with Gasteiger partial charge in [-0.15, -0.1) is 22.7 Å². The minimum absolute atomic E-state index is 0.597. The molecule has 0 aliphatic carbocycles. The van der Waals surface area contributed by atoms with Crippen LogP contribution in [0.1, 0.15) is 9.75 Å². The van der Waals surface area contributed by atoms with Crippen molar-refractivity contribution in [3.63, 3.8) is 0 Å². The third-order valence-electron chi connectivity index (χ3n) is 3.33. The smallest absolute Gasteiger partial charge is 0.181 e. The van der Waals surface area contributed by atoms with Gasteiger partial charge in [0, 0.05) is 9.75 Å². The Hall–Kier alpha value is -1.40. The van der Waals surface area contributed by atoms with E-state index in [0.29, 0.717) is 26.4 Å². The van der Waals surface area contributed by atoms with E-state index in [0.717, 1.165) is 42.5 Å². The fourth-order valence-electron chi connectivity index (χ4n) is 2.49. The topological polar surface area (TPSA) is 36.9 Å². The summed E-state index contributed by atoms with van der Waals surface area (Å²) < 4.78 is 23.1. The number of fused-ring (bicyclic) bond motifs is 2. The first-order valence-electron chi connectivity index (χ1n) is 6.54. The van der Waals surface area contributed by atoms with Gasteiger partial charge >= 0.3 is 0 Å². The molecular weight excluding hydrogens is 296 g/mol. The third kappa shape index (κ3) is 1.71. The predicted molar refractivity (Wildman–Crippen MR) is 79.1 cm³/mol. The van der Waals surface area contributed by atoms with E-state index in [1.54, 1.807) is 22.7 Å². The first-order valence-corrected chi connectivity index (χ1v) is 8.17. The Labute approximate surface area is 124 Å². The maximum Gasteiger partial charge on any atom is 0.181 e. The Balaban J connectivity index is 1.90. The standard InChI is InChI=1S/C14H14O4S2/c1-7-9-11(17-5-3-15-9)13(19-7)14-12-10(8(2)20-14)16-4-6-18-12/h3-6H2,1-2H3. The second-order valence-corrected chi connectivity index (χ2v) is 7.13. The molecule has 0 spiro atoms. The predicted octanol–water partition coefficient (Wildman–Crippen LogP) is 3.64. The first-order chi connectivity index (χ1) is 9.75. The van der Waals surface area contributed by atoms with Crippen molar-refractivity contribution < 1.29 is 18.9 Å². The quantitative estimate of drug-likeness (QED) is 0.806. The van der Waals surface area contributed by atoms with Crippen LogP contribution in [-0.4, -0.2) is 26.4 Å². The maximum absolute atomic E-state index is 5.83. The average molecular weight is 310 g/mol. The van der Waals surface area contributed by atoms with E-state index in [9.17, 15) is 0 Å². The zero-order valence-corrected chi connectivity index (χ0v) is 12.9. The Kier molecular flexibility index (Phi) is 2.82. The number of ether oxygens (including phenoxy) is 4. The molecule has 2 aromatic heterocycles. The zero-order chi connectivity index (χ0) is 13.7. The molecule has 0 aromatic carbocycles. The molecule has 2 aliphatic rings. The fraction of sp³-hybridized carbons (Fsp3) is 0.429. The highest BCUT2D eigenvalue weighted by atomic mass is 32.1. The van der Waals surface area contributed by atoms with E-state index in [-0.39, 0.29) is 0 Å². The summed E-state index contributed by atoms with van der Waals surface area (Å²) in [6.07, 6.45) is 0. The highest BCUT2D eigenvalue weighted by Gasteiger charge is 2.30. The molecule has 0 bridgehead atoms. The summed E-state index contributed by atoms with van der Waals surface area (Å²) in [7, 11) is 0. The molecule has 4 heterocycles. The lowest BCUT2D eigenvalue weighted by Crippen LogP contribution is -2.15. The summed E-state index contributed by atoms with van der Waals surface area (Å²) in [5, 5.41) is 0. The molecule has 0 N–H and O–H groups in total. The molecule has 2 aliphatic heterocycles. The second-order valence-electron chi connectivity index (χ2n) is 4.69. The minimum Gasteiger partial charge on any atom is -0.485 e. The molecule has 4 nitrogen and oxygen atoms in total. The van der Waals surface area contributed by atoms with Crippen LogP contribution in [-0.2, 0) is 0 Å². The van der Waals surface area contributed by atoms with Crippen LogP contribution in [0.15, 0.2) is 0 Å². The van der Waals surface area contributed by atoms with E-state index in [2.05, 4.69) is 13.8 Å². The molecule has 0 atom stereocenters. The van der Waals surface area contributed by atoms with E-state index in [4.69, 9.17) is 18.9 Å². The lowest BCUT2D eigenvalue weighted by Gasteiger charge is -2.18. The van der Waals surface area contributed by atoms with Crippen molar-refractivity contribution in [2.75, 3.05) is 26.4 Å². The van der Waals surface area contributed by atoms with Crippen LogP contribution in [0.2, 0.25) is 0 Å². The molecule has 6 heteroatoms. The molecule has 20 heavy (non-hydrogen) atoms. The largest absolute Gasteiger partial charge is 0.485 e. The van der Waals surface area contributed by atoms with Crippen molar-refractivity contribution in [1.29, 1.82) is 0 Å². The van der Waals surface area contributed by atoms with E-state index in [1.165, 1.54) is 0 Å². The van der Waals surface area contributed by atoms with Crippen LogP contribution in [0.25, 0.3) is 9.75 Å². The maximum atomic E-state index is 5.83. The van der Waals surface area contributed by atoms with Crippen LogP contribution in [0.4, 0.5) is 0 Å². The Bertz CT molecular complexity index is 613. The van der Waals surface area contributed by atoms with Crippen molar-refractivity contribution in [3.8, 4) is 32.8 Å². The fourth-order valence-corrected chi connectivity index (χ4v) is 4.70. The molecule has 0 amide bonds. The van der Waals surface area contributed by atoms with Gasteiger partial charge in [-0.1, -0.05) is 0 Å². The lowest BCUT2D eigenvalue weighted by molar-refractivity contribution is 0.171. The van der Waals surface area contributed by atoms with Gasteiger partial charge in [-0.2, -0.15) is 0 Å². The van der Waals surface area contributed by atoms with Gasteiger partial charge in [-0.25, -0.2) is 0 Å². The Morgan fingerprint density at radius 2 is 0.950 bits per heavy atom. The SMILES string of the molecule is Cc1sc(-c2sc(C)c3c2OCCO3)c2c1OCCO2. The van der Waals surface area contributed by atoms with Crippen molar-refractivity contribution in [2.24, 2.45) is 0 Å². The van der Waals surface area contributed by atoms with Crippen LogP contribution >= 0.6 is 22.7 Å². The summed E-state index contributed by atoms with van der Waals surface area (Å²) in [5.41, 5.74) is 0. The Morgan fingerprint density at radius 3 is 1.35 bits per heavy atom. The van der Waals surface area contributed by atoms with E-state index >= 15 is 0 Å². The number of rotatable bonds is 1. The Morgan fingerprint density at radius 1 is 0.600 bits per heavy atom. The minimum atomic E-state index is 0.597. The molecule has 0 fully saturated rings. The molecule has 0 saturated carbocycles. The molecule has 2 aromatic rings. The van der Waals surface area contributed by atoms with Crippen molar-refractivity contribution in [2.45, 2.75) is 13.8 Å². The van der Waals surface area contributed by atoms with Crippen molar-refractivity contribution >= 4 is 22.7 Å². The van der Waals surface area contributed by atoms with Gasteiger partial charge in [0.05, 0.1) is 9.75 Å². The second kappa shape index (κ2) is 4.56. The van der Waals surface area contributed by atoms with Crippen LogP contribution in [0, 0.1) is 13.8 Å². The highest BCUT2D eigenvalue weighted by Crippen LogP contribution is 2.56. The van der Waals surface area contributed by atoms with E-state index < -0.39 is 0 Å². The van der Waals surface area contributed by atoms with Crippen LogP contribution < -0.4 is 18.9 Å². The van der Waals surface area contributed by atoms with E-state index in [1.807, 2.05) is 0 Å². The average Bonchev–Trinajstić information content (AvgIpc) is 2.99. The summed E-state index contributed by atoms with van der Waals surface area (Å²) in [4.78, 5) is 4.48. The highest BCUT2D eigenvalue weighted by molar-refractivity contribution is 7.23. The molecule has 0 saturated heterocycles. The van der Waals surface area contributed by atoms with Gasteiger partial charge in [-0.3, -0.25) is 0 Å². The number of hydrogen-bond acceptors (Lipinski definition) is 6. The third-order valence-corrected chi connectivity index (χ3v) is 5.63. The first kappa shape index (κ1) is 12.3. The zero-order valence-electron chi connectivity index (χ0n) is 11.3. The monoisotopic (exact) mass is 310 g/mol. The van der Waals surface area contributed by atoms with Crippen LogP contribution in [0.3, 0.4) is 0 Å². The van der Waals surface area contributed by atoms with Gasteiger partial charge in [0.25, 0.3) is 0 Å². The van der Waals surface area contributed by atoms with Gasteiger partial charge in [0.2, 0.25) is 0 Å². The number of thiophene rings is 2. The summed E-state index contributed by atoms with van der Waals surface area (Å²) in [5.74, 6) is 3.48. The van der Waals surface area contributed by atoms with Crippen molar-refractivity contribution in [3.05, 3.63) is 9.75 Å². The lowest BCUT2D eigenvalue weighted by atomic mass is 10.2. The number of aryl methyl sites for hydroxylation is 2. The molecule has 4 rings (SSSR count). The molecule has 106 valence electrons. The molecule has 0 unspecified atom stereocenters. The summed E-state index contributed by atoms with van der Waals surface area (Å²) in [6.45, 7) is 6.55. The summed E-state index contributed by atoms with van der Waals surface area (Å²) in [6, 6.07) is 0. The van der Waals surface area contributed by atoms with Gasteiger partial charge in [-0.05, 0) is 13.8 Å². The normalized spacial score (nSPS) is 16.3. The van der Waals surface area contributed by atoms with Gasteiger partial charge < -0.3 is 18.9 Å². The van der Waals surface area contributed by atoms with Crippen molar-refractivity contribution in [1.82, 2.24) is 0 Å². The summed E-state index contributed by atoms with van der Waals surface area (Å²) >= 11 is 3.39. The van der Waals surface area contributed by atoms with Gasteiger partial charge in [0.15, 0.2) is 23.0 Å². The van der Waals surface area contributed by atoms with Crippen LogP contribution in [0.5, 0.6) is 23.0 Å². The number of hydrogen-bond donors (Lipinski definition) is 0. The molecule has 0 radical (unpaired) electrons.